The Morgan fingerprint density at radius 3 is 1.41 bits per heavy atom. The maximum absolute atomic E-state index is 12.2. The van der Waals surface area contributed by atoms with E-state index in [4.69, 9.17) is 18.9 Å². The van der Waals surface area contributed by atoms with Gasteiger partial charge < -0.3 is 43.4 Å². The van der Waals surface area contributed by atoms with Crippen LogP contribution in [0.2, 0.25) is 0 Å². The van der Waals surface area contributed by atoms with E-state index in [-0.39, 0.29) is 37.4 Å². The lowest BCUT2D eigenvalue weighted by Gasteiger charge is -2.36. The third kappa shape index (κ3) is 17.6. The Kier molecular flexibility index (Phi) is 20.4. The molecule has 0 aromatic carbocycles. The summed E-state index contributed by atoms with van der Waals surface area (Å²) in [5.74, 6) is 1.35. The van der Waals surface area contributed by atoms with Gasteiger partial charge in [0.05, 0.1) is 9.85 Å². The maximum atomic E-state index is 12.2. The van der Waals surface area contributed by atoms with Crippen molar-refractivity contribution in [1.29, 1.82) is 0 Å². The second-order valence-electron chi connectivity index (χ2n) is 15.8. The number of amides is 2. The van der Waals surface area contributed by atoms with Gasteiger partial charge in [-0.2, -0.15) is 0 Å². The normalized spacial score (nSPS) is 14.5. The molecule has 2 fully saturated rings. The molecule has 0 aliphatic carbocycles. The number of pyridine rings is 2. The van der Waals surface area contributed by atoms with E-state index >= 15 is 0 Å². The second kappa shape index (κ2) is 23.3. The topological polar surface area (TPSA) is 203 Å². The first-order chi connectivity index (χ1) is 27.0. The molecule has 2 aliphatic heterocycles. The molecule has 0 N–H and O–H groups in total. The number of anilines is 2. The van der Waals surface area contributed by atoms with Gasteiger partial charge >= 0.3 is 12.2 Å². The number of nitrogens with zero attached hydrogens (tertiary/aromatic N) is 10. The molecule has 20 heteroatoms. The molecule has 0 spiro atoms. The molecule has 2 aliphatic rings. The van der Waals surface area contributed by atoms with Gasteiger partial charge in [-0.05, 0) is 80.8 Å². The number of methoxy groups -OCH3 is 2. The van der Waals surface area contributed by atoms with Crippen molar-refractivity contribution in [1.82, 2.24) is 29.6 Å². The van der Waals surface area contributed by atoms with Crippen LogP contribution < -0.4 is 9.80 Å². The summed E-state index contributed by atoms with van der Waals surface area (Å²) in [6.45, 7) is 17.1. The summed E-state index contributed by atoms with van der Waals surface area (Å²) in [4.78, 5) is 65.1. The lowest BCUT2D eigenvalue weighted by molar-refractivity contribution is -0.385. The fraction of sp³-hybridized carbons (Fsp3) is 0.641. The molecular formula is C39H66N10O10. The van der Waals surface area contributed by atoms with E-state index in [9.17, 15) is 29.8 Å². The molecule has 2 aromatic rings. The van der Waals surface area contributed by atoms with Crippen LogP contribution >= 0.6 is 0 Å². The Balaban J connectivity index is 0.000000495. The first kappa shape index (κ1) is 51.7. The van der Waals surface area contributed by atoms with Crippen molar-refractivity contribution >= 4 is 41.3 Å². The SMILES string of the molecule is C.CN(C)/C=C/c1nc(N2CCN(C(=O)OC(C)(C)C)CC2)ccc1[N+](=O)[O-].COC(OC)N(C)C.Cc1nc(N2CCN(C(=O)OC(C)(C)C)CC2)ccc1[N+](=O)[O-]. The molecule has 2 amide bonds. The van der Waals surface area contributed by atoms with Gasteiger partial charge in [0.1, 0.15) is 34.2 Å². The van der Waals surface area contributed by atoms with Crippen molar-refractivity contribution in [2.45, 2.75) is 73.5 Å². The Morgan fingerprint density at radius 1 is 0.712 bits per heavy atom. The Hall–Kier alpha value is -5.34. The first-order valence-corrected chi connectivity index (χ1v) is 18.8. The van der Waals surface area contributed by atoms with Crippen LogP contribution in [0.1, 0.15) is 60.4 Å². The van der Waals surface area contributed by atoms with Gasteiger partial charge in [0, 0.05) is 99.0 Å². The van der Waals surface area contributed by atoms with Crippen LogP contribution in [0.3, 0.4) is 0 Å². The van der Waals surface area contributed by atoms with Crippen LogP contribution in [-0.2, 0) is 18.9 Å². The number of ether oxygens (including phenoxy) is 4. The monoisotopic (exact) mass is 834 g/mol. The summed E-state index contributed by atoms with van der Waals surface area (Å²) in [6.07, 6.45) is 2.49. The molecule has 0 saturated carbocycles. The number of nitro groups is 2. The number of carbonyl (C=O) groups is 2. The minimum absolute atomic E-state index is 0. The minimum Gasteiger partial charge on any atom is -0.444 e. The predicted octanol–water partition coefficient (Wildman–Crippen LogP) is 5.70. The average Bonchev–Trinajstić information content (AvgIpc) is 3.13. The number of carbonyl (C=O) groups excluding carboxylic acids is 2. The number of aromatic nitrogens is 2. The zero-order valence-corrected chi connectivity index (χ0v) is 36.3. The summed E-state index contributed by atoms with van der Waals surface area (Å²) in [6, 6.07) is 6.23. The Bertz CT molecular complexity index is 1690. The van der Waals surface area contributed by atoms with Crippen molar-refractivity contribution < 1.29 is 38.4 Å². The van der Waals surface area contributed by atoms with Gasteiger partial charge in [-0.1, -0.05) is 7.43 Å². The summed E-state index contributed by atoms with van der Waals surface area (Å²) >= 11 is 0. The molecular weight excluding hydrogens is 768 g/mol. The lowest BCUT2D eigenvalue weighted by Crippen LogP contribution is -2.50. The summed E-state index contributed by atoms with van der Waals surface area (Å²) in [7, 11) is 10.7. The second-order valence-corrected chi connectivity index (χ2v) is 15.8. The molecule has 4 heterocycles. The zero-order chi connectivity index (χ0) is 44.0. The van der Waals surface area contributed by atoms with Gasteiger partial charge in [0.15, 0.2) is 0 Å². The van der Waals surface area contributed by atoms with E-state index in [1.54, 1.807) is 60.3 Å². The zero-order valence-electron chi connectivity index (χ0n) is 36.3. The van der Waals surface area contributed by atoms with E-state index in [0.29, 0.717) is 75.4 Å². The predicted molar refractivity (Wildman–Crippen MR) is 228 cm³/mol. The summed E-state index contributed by atoms with van der Waals surface area (Å²) in [5, 5.41) is 22.1. The number of rotatable bonds is 9. The fourth-order valence-electron chi connectivity index (χ4n) is 5.45. The summed E-state index contributed by atoms with van der Waals surface area (Å²) in [5.41, 5.74) is -0.360. The number of piperazine rings is 2. The molecule has 2 aromatic heterocycles. The minimum atomic E-state index is -0.526. The van der Waals surface area contributed by atoms with Gasteiger partial charge in [-0.15, -0.1) is 0 Å². The van der Waals surface area contributed by atoms with E-state index in [1.165, 1.54) is 12.1 Å². The average molecular weight is 835 g/mol. The van der Waals surface area contributed by atoms with Crippen LogP contribution in [0.15, 0.2) is 30.5 Å². The van der Waals surface area contributed by atoms with Crippen molar-refractivity contribution in [3.63, 3.8) is 0 Å². The van der Waals surface area contributed by atoms with Crippen LogP contribution in [0.5, 0.6) is 0 Å². The molecule has 4 rings (SSSR count). The highest BCUT2D eigenvalue weighted by Crippen LogP contribution is 2.25. The van der Waals surface area contributed by atoms with Crippen LogP contribution in [-0.4, -0.2) is 164 Å². The fourth-order valence-corrected chi connectivity index (χ4v) is 5.45. The third-order valence-corrected chi connectivity index (χ3v) is 8.19. The number of aryl methyl sites for hydroxylation is 1. The molecule has 0 atom stereocenters. The van der Waals surface area contributed by atoms with Crippen molar-refractivity contribution in [3.8, 4) is 0 Å². The number of hydrogen-bond donors (Lipinski definition) is 0. The van der Waals surface area contributed by atoms with Gasteiger partial charge in [-0.3, -0.25) is 25.1 Å². The van der Waals surface area contributed by atoms with Crippen molar-refractivity contribution in [3.05, 3.63) is 62.1 Å². The smallest absolute Gasteiger partial charge is 0.410 e. The Morgan fingerprint density at radius 2 is 1.10 bits per heavy atom. The molecule has 20 nitrogen and oxygen atoms in total. The quantitative estimate of drug-likeness (QED) is 0.169. The van der Waals surface area contributed by atoms with E-state index in [0.717, 1.165) is 0 Å². The van der Waals surface area contributed by atoms with Crippen LogP contribution in [0.25, 0.3) is 6.08 Å². The summed E-state index contributed by atoms with van der Waals surface area (Å²) < 4.78 is 20.5. The Labute approximate surface area is 348 Å². The van der Waals surface area contributed by atoms with Gasteiger partial charge in [-0.25, -0.2) is 19.6 Å². The van der Waals surface area contributed by atoms with Crippen molar-refractivity contribution in [2.75, 3.05) is 105 Å². The molecule has 0 unspecified atom stereocenters. The van der Waals surface area contributed by atoms with Gasteiger partial charge in [0.2, 0.25) is 6.41 Å². The maximum Gasteiger partial charge on any atom is 0.410 e. The van der Waals surface area contributed by atoms with Crippen molar-refractivity contribution in [2.24, 2.45) is 0 Å². The molecule has 0 radical (unpaired) electrons. The highest BCUT2D eigenvalue weighted by molar-refractivity contribution is 5.69. The first-order valence-electron chi connectivity index (χ1n) is 18.8. The third-order valence-electron chi connectivity index (χ3n) is 8.19. The molecule has 332 valence electrons. The van der Waals surface area contributed by atoms with E-state index in [2.05, 4.69) is 9.97 Å². The standard InChI is InChI=1S/C18H27N5O4.C15H22N4O4.C5H13NO2.CH4/c1-18(2,3)27-17(24)22-12-10-21(11-13-22)16-7-6-15(23(25)26)14(19-16)8-9-20(4)5;1-11-12(19(21)22)5-6-13(16-11)17-7-9-18(10-8-17)14(20)23-15(2,3)4;1-6(2)5(7-3)8-4;/h6-9H,10-13H2,1-5H3;5-6H,7-10H2,1-4H3;5H,1-4H3;1H4/b9-8+;;;. The highest BCUT2D eigenvalue weighted by atomic mass is 16.7. The van der Waals surface area contributed by atoms with E-state index in [1.807, 2.05) is 84.4 Å². The largest absolute Gasteiger partial charge is 0.444 e. The van der Waals surface area contributed by atoms with Crippen LogP contribution in [0.4, 0.5) is 32.6 Å². The molecule has 2 saturated heterocycles. The van der Waals surface area contributed by atoms with Gasteiger partial charge in [0.25, 0.3) is 11.4 Å². The number of hydrogen-bond acceptors (Lipinski definition) is 16. The molecule has 59 heavy (non-hydrogen) atoms. The van der Waals surface area contributed by atoms with E-state index < -0.39 is 21.0 Å². The van der Waals surface area contributed by atoms with Crippen LogP contribution in [0, 0.1) is 27.2 Å². The highest BCUT2D eigenvalue weighted by Gasteiger charge is 2.28. The lowest BCUT2D eigenvalue weighted by atomic mass is 10.2. The molecule has 0 bridgehead atoms.